The Balaban J connectivity index is 1.60. The van der Waals surface area contributed by atoms with E-state index in [1.54, 1.807) is 16.2 Å². The van der Waals surface area contributed by atoms with Crippen LogP contribution in [0.1, 0.15) is 33.5 Å². The molecule has 4 rings (SSSR count). The predicted molar refractivity (Wildman–Crippen MR) is 123 cm³/mol. The first-order chi connectivity index (χ1) is 14.5. The Bertz CT molecular complexity index is 1040. The largest absolute Gasteiger partial charge is 0.370 e. The monoisotopic (exact) mass is 424 g/mol. The second-order valence-electron chi connectivity index (χ2n) is 8.22. The number of thiazole rings is 1. The molecule has 1 aromatic heterocycles. The number of quaternary nitrogens is 1. The van der Waals surface area contributed by atoms with Gasteiger partial charge in [-0.3, -0.25) is 9.69 Å². The molecule has 30 heavy (non-hydrogen) atoms. The summed E-state index contributed by atoms with van der Waals surface area (Å²) in [7, 11) is 0. The quantitative estimate of drug-likeness (QED) is 0.661. The van der Waals surface area contributed by atoms with Crippen LogP contribution >= 0.6 is 11.3 Å². The van der Waals surface area contributed by atoms with Gasteiger partial charge in [0.25, 0.3) is 5.91 Å². The highest BCUT2D eigenvalue weighted by Crippen LogP contribution is 2.32. The number of ether oxygens (including phenoxy) is 1. The van der Waals surface area contributed by atoms with E-state index >= 15 is 0 Å². The first-order valence-corrected chi connectivity index (χ1v) is 11.5. The number of morpholine rings is 1. The number of anilines is 1. The summed E-state index contributed by atoms with van der Waals surface area (Å²) in [5.41, 5.74) is 5.20. The minimum atomic E-state index is 0.0316. The molecule has 0 aliphatic carbocycles. The van der Waals surface area contributed by atoms with Gasteiger partial charge in [0, 0.05) is 18.5 Å². The average molecular weight is 425 g/mol. The lowest BCUT2D eigenvalue weighted by Gasteiger charge is -2.25. The number of carbonyl (C=O) groups is 1. The first-order valence-electron chi connectivity index (χ1n) is 10.7. The van der Waals surface area contributed by atoms with Crippen molar-refractivity contribution in [1.82, 2.24) is 4.98 Å². The fourth-order valence-corrected chi connectivity index (χ4v) is 5.26. The number of nitrogens with zero attached hydrogens (tertiary/aromatic N) is 2. The van der Waals surface area contributed by atoms with Gasteiger partial charge in [-0.2, -0.15) is 0 Å². The van der Waals surface area contributed by atoms with Crippen molar-refractivity contribution < 1.29 is 14.4 Å². The summed E-state index contributed by atoms with van der Waals surface area (Å²) in [5, 5.41) is 0.794. The van der Waals surface area contributed by atoms with Crippen LogP contribution in [-0.2, 0) is 4.74 Å². The van der Waals surface area contributed by atoms with Crippen LogP contribution in [0.2, 0.25) is 0 Å². The number of fused-ring (bicyclic) bond motifs is 1. The zero-order valence-corrected chi connectivity index (χ0v) is 18.8. The van der Waals surface area contributed by atoms with Gasteiger partial charge < -0.3 is 9.64 Å². The van der Waals surface area contributed by atoms with Crippen molar-refractivity contribution in [2.45, 2.75) is 27.2 Å². The van der Waals surface area contributed by atoms with Gasteiger partial charge in [0.15, 0.2) is 5.13 Å². The van der Waals surface area contributed by atoms with Crippen LogP contribution in [0.3, 0.4) is 0 Å². The van der Waals surface area contributed by atoms with Crippen molar-refractivity contribution in [2.24, 2.45) is 0 Å². The highest BCUT2D eigenvalue weighted by atomic mass is 32.1. The average Bonchev–Trinajstić information content (AvgIpc) is 3.15. The zero-order chi connectivity index (χ0) is 21.1. The second-order valence-corrected chi connectivity index (χ2v) is 9.23. The number of hydrogen-bond donors (Lipinski definition) is 1. The molecule has 158 valence electrons. The lowest BCUT2D eigenvalue weighted by atomic mass is 10.1. The summed E-state index contributed by atoms with van der Waals surface area (Å²) in [5.74, 6) is 0.0316. The number of hydrogen-bond acceptors (Lipinski definition) is 4. The molecule has 2 heterocycles. The number of amides is 1. The molecule has 1 saturated heterocycles. The van der Waals surface area contributed by atoms with E-state index in [9.17, 15) is 4.79 Å². The van der Waals surface area contributed by atoms with Crippen LogP contribution in [-0.4, -0.2) is 50.3 Å². The fourth-order valence-electron chi connectivity index (χ4n) is 4.09. The summed E-state index contributed by atoms with van der Waals surface area (Å²) >= 11 is 1.61. The van der Waals surface area contributed by atoms with E-state index in [4.69, 9.17) is 9.72 Å². The van der Waals surface area contributed by atoms with Crippen LogP contribution in [0, 0.1) is 20.8 Å². The van der Waals surface area contributed by atoms with Gasteiger partial charge in [-0.25, -0.2) is 4.98 Å². The van der Waals surface area contributed by atoms with E-state index < -0.39 is 0 Å². The Morgan fingerprint density at radius 3 is 2.70 bits per heavy atom. The Morgan fingerprint density at radius 1 is 1.13 bits per heavy atom. The van der Waals surface area contributed by atoms with Crippen LogP contribution in [0.4, 0.5) is 5.13 Å². The van der Waals surface area contributed by atoms with Crippen LogP contribution < -0.4 is 9.80 Å². The smallest absolute Gasteiger partial charge is 0.260 e. The normalized spacial score (nSPS) is 14.9. The molecule has 1 aliphatic heterocycles. The molecule has 1 fully saturated rings. The van der Waals surface area contributed by atoms with Crippen LogP contribution in [0.25, 0.3) is 10.2 Å². The third-order valence-corrected chi connectivity index (χ3v) is 6.70. The SMILES string of the molecule is Cc1cccc(C(=O)N(CCC[NH+]2CCOCC2)c2nc3c(C)cc(C)cc3s2)c1. The van der Waals surface area contributed by atoms with Crippen molar-refractivity contribution in [1.29, 1.82) is 0 Å². The summed E-state index contributed by atoms with van der Waals surface area (Å²) in [4.78, 5) is 21.8. The number of nitrogens with one attached hydrogen (secondary N) is 1. The van der Waals surface area contributed by atoms with Crippen molar-refractivity contribution in [3.05, 3.63) is 58.7 Å². The van der Waals surface area contributed by atoms with Gasteiger partial charge in [0.2, 0.25) is 0 Å². The molecule has 0 atom stereocenters. The van der Waals surface area contributed by atoms with Crippen LogP contribution in [0.5, 0.6) is 0 Å². The number of aromatic nitrogens is 1. The zero-order valence-electron chi connectivity index (χ0n) is 18.0. The van der Waals surface area contributed by atoms with Gasteiger partial charge >= 0.3 is 0 Å². The third kappa shape index (κ3) is 4.72. The number of carbonyl (C=O) groups excluding carboxylic acids is 1. The number of benzene rings is 2. The van der Waals surface area contributed by atoms with Crippen molar-refractivity contribution >= 4 is 32.6 Å². The van der Waals surface area contributed by atoms with Gasteiger partial charge in [-0.15, -0.1) is 0 Å². The second kappa shape index (κ2) is 9.25. The van der Waals surface area contributed by atoms with E-state index in [-0.39, 0.29) is 5.91 Å². The molecule has 0 saturated carbocycles. The Labute approximate surface area is 182 Å². The topological polar surface area (TPSA) is 46.9 Å². The molecule has 1 N–H and O–H groups in total. The summed E-state index contributed by atoms with van der Waals surface area (Å²) in [6.07, 6.45) is 0.945. The van der Waals surface area contributed by atoms with E-state index in [0.717, 1.165) is 71.3 Å². The predicted octanol–water partition coefficient (Wildman–Crippen LogP) is 3.17. The van der Waals surface area contributed by atoms with Crippen LogP contribution in [0.15, 0.2) is 36.4 Å². The Kier molecular flexibility index (Phi) is 6.46. The standard InChI is InChI=1S/C24H29N3O2S/c1-17-6-4-7-20(15-17)23(28)27(9-5-8-26-10-12-29-13-11-26)24-25-22-19(3)14-18(2)16-21(22)30-24/h4,6-7,14-16H,5,8-13H2,1-3H3/p+1. The maximum Gasteiger partial charge on any atom is 0.260 e. The minimum absolute atomic E-state index is 0.0316. The first kappa shape index (κ1) is 21.0. The molecule has 0 unspecified atom stereocenters. The molecular weight excluding hydrogens is 394 g/mol. The lowest BCUT2D eigenvalue weighted by molar-refractivity contribution is -0.908. The minimum Gasteiger partial charge on any atom is -0.370 e. The summed E-state index contributed by atoms with van der Waals surface area (Å²) < 4.78 is 6.61. The van der Waals surface area contributed by atoms with E-state index in [1.807, 2.05) is 36.1 Å². The molecule has 6 heteroatoms. The maximum atomic E-state index is 13.5. The maximum absolute atomic E-state index is 13.5. The van der Waals surface area contributed by atoms with Crippen molar-refractivity contribution in [3.8, 4) is 0 Å². The summed E-state index contributed by atoms with van der Waals surface area (Å²) in [6, 6.07) is 12.2. The van der Waals surface area contributed by atoms with E-state index in [1.165, 1.54) is 5.56 Å². The number of aryl methyl sites for hydroxylation is 3. The van der Waals surface area contributed by atoms with Gasteiger partial charge in [0.1, 0.15) is 13.1 Å². The molecule has 5 nitrogen and oxygen atoms in total. The molecule has 0 radical (unpaired) electrons. The highest BCUT2D eigenvalue weighted by molar-refractivity contribution is 7.22. The van der Waals surface area contributed by atoms with Crippen molar-refractivity contribution in [2.75, 3.05) is 44.3 Å². The van der Waals surface area contributed by atoms with E-state index in [0.29, 0.717) is 6.54 Å². The molecule has 2 aromatic carbocycles. The Morgan fingerprint density at radius 2 is 1.93 bits per heavy atom. The Hall–Kier alpha value is -2.28. The molecule has 0 bridgehead atoms. The molecule has 1 amide bonds. The molecular formula is C24H30N3O2S+. The molecule has 3 aromatic rings. The third-order valence-electron chi connectivity index (χ3n) is 5.67. The fraction of sp³-hybridized carbons (Fsp3) is 0.417. The molecule has 0 spiro atoms. The molecule has 1 aliphatic rings. The van der Waals surface area contributed by atoms with E-state index in [2.05, 4.69) is 26.0 Å². The van der Waals surface area contributed by atoms with Gasteiger partial charge in [-0.05, 0) is 50.1 Å². The number of rotatable bonds is 6. The highest BCUT2D eigenvalue weighted by Gasteiger charge is 2.23. The summed E-state index contributed by atoms with van der Waals surface area (Å²) in [6.45, 7) is 11.7. The lowest BCUT2D eigenvalue weighted by Crippen LogP contribution is -3.14. The van der Waals surface area contributed by atoms with Gasteiger partial charge in [0.05, 0.1) is 30.0 Å². The van der Waals surface area contributed by atoms with Gasteiger partial charge in [-0.1, -0.05) is 35.1 Å². The van der Waals surface area contributed by atoms with Crippen molar-refractivity contribution in [3.63, 3.8) is 0 Å².